The molecule has 1 aromatic heterocycles. The fourth-order valence-electron chi connectivity index (χ4n) is 9.71. The van der Waals surface area contributed by atoms with Gasteiger partial charge in [0.2, 0.25) is 0 Å². The third-order valence-corrected chi connectivity index (χ3v) is 12.2. The molecule has 0 fully saturated rings. The van der Waals surface area contributed by atoms with Gasteiger partial charge in [0.05, 0.1) is 5.41 Å². The Hall–Kier alpha value is -6.97. The lowest BCUT2D eigenvalue weighted by Crippen LogP contribution is -2.40. The second kappa shape index (κ2) is 12.3. The maximum Gasteiger partial charge on any atom is 0.164 e. The smallest absolute Gasteiger partial charge is 0.164 e. The summed E-state index contributed by atoms with van der Waals surface area (Å²) in [6, 6.07) is 67.9. The van der Waals surface area contributed by atoms with Gasteiger partial charge in [0.1, 0.15) is 0 Å². The molecule has 8 aromatic carbocycles. The van der Waals surface area contributed by atoms with Crippen LogP contribution in [0.2, 0.25) is 0 Å². The maximum atomic E-state index is 5.28. The highest BCUT2D eigenvalue weighted by molar-refractivity contribution is 5.96. The van der Waals surface area contributed by atoms with Crippen molar-refractivity contribution >= 4 is 10.8 Å². The van der Waals surface area contributed by atoms with Crippen LogP contribution < -0.4 is 0 Å². The van der Waals surface area contributed by atoms with Crippen LogP contribution in [0.1, 0.15) is 47.2 Å². The number of benzene rings is 8. The molecule has 1 spiro atoms. The van der Waals surface area contributed by atoms with E-state index >= 15 is 0 Å². The van der Waals surface area contributed by atoms with Crippen LogP contribution in [0.5, 0.6) is 0 Å². The quantitative estimate of drug-likeness (QED) is 0.182. The first-order valence-corrected chi connectivity index (χ1v) is 19.4. The SMILES string of the molecule is CC1(C)c2ccccc2C2(c3ccccc3-c3ccc(-c4ccccc4-c4nc(-c5ccccc5)nc(-c5cccc6ccccc56)n4)cc32)c2ccccc21. The molecule has 2 aliphatic carbocycles. The van der Waals surface area contributed by atoms with Crippen molar-refractivity contribution in [3.63, 3.8) is 0 Å². The molecule has 1 heterocycles. The minimum absolute atomic E-state index is 0.155. The van der Waals surface area contributed by atoms with Gasteiger partial charge < -0.3 is 0 Å². The van der Waals surface area contributed by atoms with Crippen LogP contribution in [0.3, 0.4) is 0 Å². The summed E-state index contributed by atoms with van der Waals surface area (Å²) in [5, 5.41) is 2.26. The van der Waals surface area contributed by atoms with Crippen molar-refractivity contribution in [1.29, 1.82) is 0 Å². The molecule has 0 aliphatic heterocycles. The Bertz CT molecular complexity index is 2960. The van der Waals surface area contributed by atoms with E-state index in [-0.39, 0.29) is 5.41 Å². The summed E-state index contributed by atoms with van der Waals surface area (Å²) in [5.41, 5.74) is 15.1. The Morgan fingerprint density at radius 2 is 0.821 bits per heavy atom. The van der Waals surface area contributed by atoms with Crippen molar-refractivity contribution in [3.05, 3.63) is 221 Å². The number of nitrogens with zero attached hydrogens (tertiary/aromatic N) is 3. The highest BCUT2D eigenvalue weighted by atomic mass is 15.0. The monoisotopic (exact) mass is 715 g/mol. The van der Waals surface area contributed by atoms with Gasteiger partial charge in [-0.1, -0.05) is 196 Å². The predicted molar refractivity (Wildman–Crippen MR) is 229 cm³/mol. The van der Waals surface area contributed by atoms with Crippen LogP contribution in [-0.2, 0) is 10.8 Å². The first kappa shape index (κ1) is 32.5. The molecule has 56 heavy (non-hydrogen) atoms. The van der Waals surface area contributed by atoms with Crippen molar-refractivity contribution < 1.29 is 0 Å². The number of hydrogen-bond acceptors (Lipinski definition) is 3. The maximum absolute atomic E-state index is 5.28. The van der Waals surface area contributed by atoms with Crippen LogP contribution >= 0.6 is 0 Å². The third kappa shape index (κ3) is 4.61. The standard InChI is InChI=1S/C53H37N3/c1-52(2)44-27-12-14-29-46(44)53(47-30-15-13-28-45(47)52)43-26-11-10-23-39(43)40-32-31-36(33-48(40)53)38-22-8-9-24-41(38)50-54-49(35-18-4-3-5-19-35)55-51(56-50)42-25-16-20-34-17-6-7-21-37(34)42/h3-33H,1-2H3. The first-order chi connectivity index (χ1) is 27.5. The van der Waals surface area contributed by atoms with E-state index in [2.05, 4.69) is 184 Å². The number of rotatable bonds is 4. The van der Waals surface area contributed by atoms with E-state index in [1.807, 2.05) is 18.2 Å². The van der Waals surface area contributed by atoms with Gasteiger partial charge in [-0.15, -0.1) is 0 Å². The molecule has 0 atom stereocenters. The highest BCUT2D eigenvalue weighted by Crippen LogP contribution is 2.62. The minimum atomic E-state index is -0.477. The van der Waals surface area contributed by atoms with E-state index < -0.39 is 5.41 Å². The van der Waals surface area contributed by atoms with Gasteiger partial charge in [-0.2, -0.15) is 0 Å². The van der Waals surface area contributed by atoms with E-state index in [1.54, 1.807) is 0 Å². The zero-order valence-electron chi connectivity index (χ0n) is 31.2. The normalized spacial score (nSPS) is 14.2. The molecule has 0 saturated heterocycles. The van der Waals surface area contributed by atoms with Crippen molar-refractivity contribution in [3.8, 4) is 56.4 Å². The number of aromatic nitrogens is 3. The minimum Gasteiger partial charge on any atom is -0.208 e. The zero-order chi connectivity index (χ0) is 37.4. The summed E-state index contributed by atoms with van der Waals surface area (Å²) in [6.07, 6.45) is 0. The van der Waals surface area contributed by atoms with Gasteiger partial charge >= 0.3 is 0 Å². The van der Waals surface area contributed by atoms with Gasteiger partial charge in [-0.25, -0.2) is 15.0 Å². The molecule has 0 radical (unpaired) electrons. The molecule has 3 heteroatoms. The molecular formula is C53H37N3. The van der Waals surface area contributed by atoms with Crippen molar-refractivity contribution in [2.75, 3.05) is 0 Å². The Labute approximate surface area is 327 Å². The second-order valence-corrected chi connectivity index (χ2v) is 15.5. The van der Waals surface area contributed by atoms with Crippen LogP contribution in [0, 0.1) is 0 Å². The lowest BCUT2D eigenvalue weighted by molar-refractivity contribution is 0.563. The van der Waals surface area contributed by atoms with Crippen molar-refractivity contribution in [1.82, 2.24) is 15.0 Å². The molecule has 0 amide bonds. The summed E-state index contributed by atoms with van der Waals surface area (Å²) in [4.78, 5) is 15.6. The van der Waals surface area contributed by atoms with E-state index in [0.717, 1.165) is 38.6 Å². The fraction of sp³-hybridized carbons (Fsp3) is 0.0755. The van der Waals surface area contributed by atoms with E-state index in [4.69, 9.17) is 15.0 Å². The topological polar surface area (TPSA) is 38.7 Å². The average Bonchev–Trinajstić information content (AvgIpc) is 3.56. The number of fused-ring (bicyclic) bond motifs is 10. The van der Waals surface area contributed by atoms with Crippen molar-refractivity contribution in [2.24, 2.45) is 0 Å². The molecule has 264 valence electrons. The molecule has 2 aliphatic rings. The lowest BCUT2D eigenvalue weighted by Gasteiger charge is -2.46. The van der Waals surface area contributed by atoms with Crippen LogP contribution in [0.25, 0.3) is 67.2 Å². The van der Waals surface area contributed by atoms with Gasteiger partial charge in [0, 0.05) is 22.1 Å². The van der Waals surface area contributed by atoms with Crippen LogP contribution in [0.15, 0.2) is 188 Å². The summed E-state index contributed by atoms with van der Waals surface area (Å²) in [7, 11) is 0. The van der Waals surface area contributed by atoms with Gasteiger partial charge in [0.25, 0.3) is 0 Å². The number of hydrogen-bond donors (Lipinski definition) is 0. The Kier molecular flexibility index (Phi) is 7.11. The fourth-order valence-corrected chi connectivity index (χ4v) is 9.71. The Morgan fingerprint density at radius 1 is 0.321 bits per heavy atom. The molecule has 11 rings (SSSR count). The summed E-state index contributed by atoms with van der Waals surface area (Å²) in [6.45, 7) is 4.74. The Morgan fingerprint density at radius 3 is 1.55 bits per heavy atom. The van der Waals surface area contributed by atoms with Crippen LogP contribution in [0.4, 0.5) is 0 Å². The molecule has 0 bridgehead atoms. The molecule has 0 N–H and O–H groups in total. The second-order valence-electron chi connectivity index (χ2n) is 15.5. The predicted octanol–water partition coefficient (Wildman–Crippen LogP) is 12.7. The third-order valence-electron chi connectivity index (χ3n) is 12.2. The van der Waals surface area contributed by atoms with E-state index in [9.17, 15) is 0 Å². The zero-order valence-corrected chi connectivity index (χ0v) is 31.2. The highest BCUT2D eigenvalue weighted by Gasteiger charge is 2.53. The summed E-state index contributed by atoms with van der Waals surface area (Å²) in [5.74, 6) is 1.95. The molecule has 0 saturated carbocycles. The molecule has 0 unspecified atom stereocenters. The van der Waals surface area contributed by atoms with Crippen molar-refractivity contribution in [2.45, 2.75) is 24.7 Å². The average molecular weight is 716 g/mol. The van der Waals surface area contributed by atoms with E-state index in [1.165, 1.54) is 44.5 Å². The van der Waals surface area contributed by atoms with Gasteiger partial charge in [-0.05, 0) is 72.5 Å². The molecule has 9 aromatic rings. The summed E-state index contributed by atoms with van der Waals surface area (Å²) < 4.78 is 0. The Balaban J connectivity index is 1.16. The van der Waals surface area contributed by atoms with E-state index in [0.29, 0.717) is 17.5 Å². The first-order valence-electron chi connectivity index (χ1n) is 19.4. The van der Waals surface area contributed by atoms with Crippen LogP contribution in [-0.4, -0.2) is 15.0 Å². The molecule has 3 nitrogen and oxygen atoms in total. The van der Waals surface area contributed by atoms with Gasteiger partial charge in [-0.3, -0.25) is 0 Å². The van der Waals surface area contributed by atoms with Gasteiger partial charge in [0.15, 0.2) is 17.5 Å². The largest absolute Gasteiger partial charge is 0.208 e. The molecular weight excluding hydrogens is 679 g/mol. The summed E-state index contributed by atoms with van der Waals surface area (Å²) >= 11 is 0. The lowest BCUT2D eigenvalue weighted by atomic mass is 9.55.